The minimum Gasteiger partial charge on any atom is -0.370 e. The second kappa shape index (κ2) is 8.05. The maximum absolute atomic E-state index is 5.74. The second-order valence-corrected chi connectivity index (χ2v) is 7.14. The van der Waals surface area contributed by atoms with Crippen molar-refractivity contribution >= 4 is 0 Å². The van der Waals surface area contributed by atoms with Crippen molar-refractivity contribution in [2.24, 2.45) is 5.92 Å². The van der Waals surface area contributed by atoms with Crippen LogP contribution >= 0.6 is 0 Å². The number of likely N-dealkylation sites (tertiary alicyclic amines) is 1. The van der Waals surface area contributed by atoms with E-state index in [0.717, 1.165) is 31.8 Å². The molecule has 1 aliphatic rings. The Bertz CT molecular complexity index is 661. The Morgan fingerprint density at radius 1 is 1.12 bits per heavy atom. The standard InChI is InChI=1S/C17H27N5O3/c1-11(2)10-23-12(3)16-19-15(25-20-16)9-22-7-5-14(6-8-22)17-18-13(4)24-21-17/h11-12,14H,5-10H2,1-4H3/t12-/m0/s1. The van der Waals surface area contributed by atoms with Crippen molar-refractivity contribution in [3.8, 4) is 0 Å². The molecule has 0 bridgehead atoms. The monoisotopic (exact) mass is 349 g/mol. The Balaban J connectivity index is 1.47. The van der Waals surface area contributed by atoms with E-state index in [9.17, 15) is 0 Å². The molecule has 2 aromatic heterocycles. The van der Waals surface area contributed by atoms with Crippen molar-refractivity contribution in [1.82, 2.24) is 25.2 Å². The topological polar surface area (TPSA) is 90.3 Å². The highest BCUT2D eigenvalue weighted by atomic mass is 16.5. The summed E-state index contributed by atoms with van der Waals surface area (Å²) in [6, 6.07) is 0. The van der Waals surface area contributed by atoms with E-state index in [4.69, 9.17) is 13.8 Å². The first-order valence-corrected chi connectivity index (χ1v) is 8.98. The zero-order chi connectivity index (χ0) is 17.8. The fraction of sp³-hybridized carbons (Fsp3) is 0.765. The molecule has 0 unspecified atom stereocenters. The summed E-state index contributed by atoms with van der Waals surface area (Å²) in [7, 11) is 0. The van der Waals surface area contributed by atoms with Gasteiger partial charge in [-0.25, -0.2) is 0 Å². The van der Waals surface area contributed by atoms with Crippen LogP contribution in [0.1, 0.15) is 69.1 Å². The minimum atomic E-state index is -0.146. The number of aromatic nitrogens is 4. The molecule has 0 spiro atoms. The summed E-state index contributed by atoms with van der Waals surface area (Å²) in [5.41, 5.74) is 0. The SMILES string of the molecule is Cc1nc(C2CCN(Cc3nc([C@H](C)OCC(C)C)no3)CC2)no1. The molecule has 0 amide bonds. The Morgan fingerprint density at radius 2 is 1.88 bits per heavy atom. The van der Waals surface area contributed by atoms with Gasteiger partial charge in [0.2, 0.25) is 11.8 Å². The van der Waals surface area contributed by atoms with Crippen molar-refractivity contribution < 1.29 is 13.8 Å². The number of rotatable bonds is 7. The molecular weight excluding hydrogens is 322 g/mol. The number of hydrogen-bond donors (Lipinski definition) is 0. The Hall–Kier alpha value is -1.80. The van der Waals surface area contributed by atoms with Crippen LogP contribution in [0.15, 0.2) is 9.05 Å². The third-order valence-electron chi connectivity index (χ3n) is 4.38. The summed E-state index contributed by atoms with van der Waals surface area (Å²) < 4.78 is 16.2. The van der Waals surface area contributed by atoms with Crippen LogP contribution in [0.3, 0.4) is 0 Å². The van der Waals surface area contributed by atoms with E-state index in [0.29, 0.717) is 42.6 Å². The number of hydrogen-bond acceptors (Lipinski definition) is 8. The molecule has 2 aromatic rings. The molecule has 8 heteroatoms. The summed E-state index contributed by atoms with van der Waals surface area (Å²) >= 11 is 0. The molecule has 0 radical (unpaired) electrons. The zero-order valence-electron chi connectivity index (χ0n) is 15.4. The van der Waals surface area contributed by atoms with Gasteiger partial charge in [0, 0.05) is 19.4 Å². The molecule has 25 heavy (non-hydrogen) atoms. The van der Waals surface area contributed by atoms with Crippen molar-refractivity contribution in [2.45, 2.75) is 59.1 Å². The Morgan fingerprint density at radius 3 is 2.52 bits per heavy atom. The largest absolute Gasteiger partial charge is 0.370 e. The highest BCUT2D eigenvalue weighted by molar-refractivity contribution is 4.98. The van der Waals surface area contributed by atoms with Crippen LogP contribution < -0.4 is 0 Å². The first kappa shape index (κ1) is 18.0. The molecule has 0 aromatic carbocycles. The summed E-state index contributed by atoms with van der Waals surface area (Å²) in [6.07, 6.45) is 1.87. The van der Waals surface area contributed by atoms with Crippen molar-refractivity contribution in [1.29, 1.82) is 0 Å². The lowest BCUT2D eigenvalue weighted by molar-refractivity contribution is 0.0402. The highest BCUT2D eigenvalue weighted by Gasteiger charge is 2.25. The quantitative estimate of drug-likeness (QED) is 0.753. The van der Waals surface area contributed by atoms with Gasteiger partial charge in [-0.15, -0.1) is 0 Å². The van der Waals surface area contributed by atoms with Gasteiger partial charge in [0.05, 0.1) is 6.54 Å². The molecule has 1 fully saturated rings. The van der Waals surface area contributed by atoms with Gasteiger partial charge >= 0.3 is 0 Å². The first-order valence-electron chi connectivity index (χ1n) is 8.98. The van der Waals surface area contributed by atoms with E-state index in [2.05, 4.69) is 39.0 Å². The summed E-state index contributed by atoms with van der Waals surface area (Å²) in [4.78, 5) is 11.1. The number of aryl methyl sites for hydroxylation is 1. The van der Waals surface area contributed by atoms with Gasteiger partial charge in [-0.05, 0) is 38.8 Å². The van der Waals surface area contributed by atoms with Gasteiger partial charge in [0.25, 0.3) is 0 Å². The van der Waals surface area contributed by atoms with E-state index in [-0.39, 0.29) is 6.10 Å². The average Bonchev–Trinajstić information content (AvgIpc) is 3.22. The van der Waals surface area contributed by atoms with Gasteiger partial charge in [-0.2, -0.15) is 9.97 Å². The predicted octanol–water partition coefficient (Wildman–Crippen LogP) is 2.87. The minimum absolute atomic E-state index is 0.146. The lowest BCUT2D eigenvalue weighted by atomic mass is 9.96. The predicted molar refractivity (Wildman–Crippen MR) is 89.8 cm³/mol. The fourth-order valence-corrected chi connectivity index (χ4v) is 2.93. The number of ether oxygens (including phenoxy) is 1. The van der Waals surface area contributed by atoms with Crippen LogP contribution in [0.5, 0.6) is 0 Å². The smallest absolute Gasteiger partial charge is 0.240 e. The Kier molecular flexibility index (Phi) is 5.80. The van der Waals surface area contributed by atoms with E-state index in [1.54, 1.807) is 0 Å². The second-order valence-electron chi connectivity index (χ2n) is 7.14. The molecule has 0 saturated carbocycles. The molecule has 0 N–H and O–H groups in total. The van der Waals surface area contributed by atoms with Crippen LogP contribution in [0, 0.1) is 12.8 Å². The highest BCUT2D eigenvalue weighted by Crippen LogP contribution is 2.26. The van der Waals surface area contributed by atoms with Crippen LogP contribution in [0.4, 0.5) is 0 Å². The third-order valence-corrected chi connectivity index (χ3v) is 4.38. The zero-order valence-corrected chi connectivity index (χ0v) is 15.4. The molecule has 3 heterocycles. The van der Waals surface area contributed by atoms with Crippen LogP contribution in [-0.4, -0.2) is 44.9 Å². The molecule has 138 valence electrons. The summed E-state index contributed by atoms with van der Waals surface area (Å²) in [5.74, 6) is 3.57. The van der Waals surface area contributed by atoms with Gasteiger partial charge in [-0.1, -0.05) is 24.2 Å². The molecule has 1 saturated heterocycles. The average molecular weight is 349 g/mol. The summed E-state index contributed by atoms with van der Waals surface area (Å²) in [6.45, 7) is 11.3. The van der Waals surface area contributed by atoms with Gasteiger partial charge in [0.15, 0.2) is 11.6 Å². The summed E-state index contributed by atoms with van der Waals surface area (Å²) in [5, 5.41) is 8.10. The maximum Gasteiger partial charge on any atom is 0.240 e. The lowest BCUT2D eigenvalue weighted by Gasteiger charge is -2.29. The van der Waals surface area contributed by atoms with E-state index < -0.39 is 0 Å². The fourth-order valence-electron chi connectivity index (χ4n) is 2.93. The maximum atomic E-state index is 5.74. The first-order chi connectivity index (χ1) is 12.0. The van der Waals surface area contributed by atoms with E-state index >= 15 is 0 Å². The molecule has 1 aliphatic heterocycles. The normalized spacial score (nSPS) is 18.1. The van der Waals surface area contributed by atoms with Gasteiger partial charge < -0.3 is 13.8 Å². The van der Waals surface area contributed by atoms with Crippen LogP contribution in [0.2, 0.25) is 0 Å². The molecule has 0 aliphatic carbocycles. The number of piperidine rings is 1. The van der Waals surface area contributed by atoms with Crippen LogP contribution in [0.25, 0.3) is 0 Å². The molecule has 1 atom stereocenters. The molecule has 8 nitrogen and oxygen atoms in total. The van der Waals surface area contributed by atoms with Crippen molar-refractivity contribution in [3.05, 3.63) is 23.4 Å². The van der Waals surface area contributed by atoms with Crippen molar-refractivity contribution in [3.63, 3.8) is 0 Å². The third kappa shape index (κ3) is 4.85. The van der Waals surface area contributed by atoms with E-state index in [1.807, 2.05) is 13.8 Å². The molecular formula is C17H27N5O3. The van der Waals surface area contributed by atoms with Gasteiger partial charge in [0.1, 0.15) is 6.10 Å². The lowest BCUT2D eigenvalue weighted by Crippen LogP contribution is -2.32. The van der Waals surface area contributed by atoms with Crippen LogP contribution in [-0.2, 0) is 11.3 Å². The van der Waals surface area contributed by atoms with Crippen molar-refractivity contribution in [2.75, 3.05) is 19.7 Å². The Labute approximate surface area is 147 Å². The van der Waals surface area contributed by atoms with E-state index in [1.165, 1.54) is 0 Å². The van der Waals surface area contributed by atoms with Gasteiger partial charge in [-0.3, -0.25) is 4.90 Å². The number of nitrogens with zero attached hydrogens (tertiary/aromatic N) is 5. The molecule has 3 rings (SSSR count).